The van der Waals surface area contributed by atoms with E-state index in [4.69, 9.17) is 4.74 Å². The first-order chi connectivity index (χ1) is 7.04. The number of fused-ring (bicyclic) bond motifs is 2. The molecule has 3 atom stereocenters. The highest BCUT2D eigenvalue weighted by molar-refractivity contribution is 5.83. The van der Waals surface area contributed by atoms with Crippen molar-refractivity contribution in [2.75, 3.05) is 0 Å². The minimum Gasteiger partial charge on any atom is -0.457 e. The van der Waals surface area contributed by atoms with Gasteiger partial charge < -0.3 is 9.53 Å². The van der Waals surface area contributed by atoms with Gasteiger partial charge in [-0.2, -0.15) is 0 Å². The molecule has 2 aliphatic heterocycles. The van der Waals surface area contributed by atoms with Gasteiger partial charge in [-0.05, 0) is 31.8 Å². The van der Waals surface area contributed by atoms with Crippen molar-refractivity contribution >= 4 is 11.8 Å². The number of ether oxygens (including phenoxy) is 1. The summed E-state index contributed by atoms with van der Waals surface area (Å²) in [6.45, 7) is 3.63. The predicted octanol–water partition coefficient (Wildman–Crippen LogP) is 1.86. The van der Waals surface area contributed by atoms with Crippen molar-refractivity contribution in [3.05, 3.63) is 12.2 Å². The van der Waals surface area contributed by atoms with Crippen LogP contribution in [0.1, 0.15) is 33.1 Å². The lowest BCUT2D eigenvalue weighted by Crippen LogP contribution is -2.48. The summed E-state index contributed by atoms with van der Waals surface area (Å²) in [6, 6.07) is 0. The molecule has 3 rings (SSSR count). The maximum Gasteiger partial charge on any atom is 0.316 e. The molecule has 0 aromatic heterocycles. The van der Waals surface area contributed by atoms with Crippen molar-refractivity contribution in [2.45, 2.75) is 39.2 Å². The Balaban J connectivity index is 2.21. The zero-order valence-electron chi connectivity index (χ0n) is 9.16. The van der Waals surface area contributed by atoms with Gasteiger partial charge in [0, 0.05) is 6.42 Å². The molecule has 0 spiro atoms. The summed E-state index contributed by atoms with van der Waals surface area (Å²) < 4.78 is 5.25. The van der Waals surface area contributed by atoms with Crippen LogP contribution in [0.15, 0.2) is 12.2 Å². The molecular formula is C12H16O3. The quantitative estimate of drug-likeness (QED) is 0.525. The average Bonchev–Trinajstić information content (AvgIpc) is 2.16. The summed E-state index contributed by atoms with van der Waals surface area (Å²) in [7, 11) is 0. The Morgan fingerprint density at radius 1 is 1.67 bits per heavy atom. The molecule has 0 radical (unpaired) electrons. The number of esters is 1. The fraction of sp³-hybridized carbons (Fsp3) is 0.667. The third kappa shape index (κ3) is 1.60. The summed E-state index contributed by atoms with van der Waals surface area (Å²) >= 11 is 0. The zero-order chi connectivity index (χ0) is 11.1. The van der Waals surface area contributed by atoms with Gasteiger partial charge in [-0.25, -0.2) is 0 Å². The van der Waals surface area contributed by atoms with Crippen LogP contribution in [0.5, 0.6) is 0 Å². The van der Waals surface area contributed by atoms with Crippen LogP contribution in [-0.4, -0.2) is 17.9 Å². The fourth-order valence-corrected chi connectivity index (χ4v) is 2.50. The Kier molecular flexibility index (Phi) is 2.41. The molecule has 1 fully saturated rings. The van der Waals surface area contributed by atoms with Gasteiger partial charge in [0.1, 0.15) is 11.9 Å². The molecule has 0 aromatic rings. The molecule has 1 saturated heterocycles. The smallest absolute Gasteiger partial charge is 0.316 e. The molecule has 0 N–H and O–H groups in total. The zero-order valence-corrected chi connectivity index (χ0v) is 9.16. The van der Waals surface area contributed by atoms with Crippen LogP contribution in [-0.2, 0) is 14.3 Å². The molecule has 3 heteroatoms. The third-order valence-corrected chi connectivity index (χ3v) is 3.60. The number of carbonyl (C=O) groups is 2. The molecule has 0 amide bonds. The van der Waals surface area contributed by atoms with Crippen LogP contribution in [0.3, 0.4) is 0 Å². The second-order valence-electron chi connectivity index (χ2n) is 4.68. The van der Waals surface area contributed by atoms with E-state index in [1.54, 1.807) is 6.92 Å². The van der Waals surface area contributed by atoms with Gasteiger partial charge in [-0.3, -0.25) is 4.79 Å². The van der Waals surface area contributed by atoms with E-state index >= 15 is 0 Å². The first-order valence-electron chi connectivity index (χ1n) is 5.44. The molecule has 15 heavy (non-hydrogen) atoms. The van der Waals surface area contributed by atoms with Gasteiger partial charge in [-0.1, -0.05) is 13.0 Å². The van der Waals surface area contributed by atoms with Gasteiger partial charge >= 0.3 is 5.97 Å². The molecule has 3 aliphatic rings. The normalized spacial score (nSPS) is 37.9. The van der Waals surface area contributed by atoms with E-state index in [-0.39, 0.29) is 23.8 Å². The lowest BCUT2D eigenvalue weighted by molar-refractivity contribution is -0.171. The minimum atomic E-state index is -0.527. The maximum atomic E-state index is 11.8. The Hall–Kier alpha value is -1.12. The van der Waals surface area contributed by atoms with Gasteiger partial charge in [0.15, 0.2) is 0 Å². The van der Waals surface area contributed by atoms with Gasteiger partial charge in [0.2, 0.25) is 0 Å². The highest BCUT2D eigenvalue weighted by atomic mass is 16.5. The fourth-order valence-electron chi connectivity index (χ4n) is 2.50. The van der Waals surface area contributed by atoms with E-state index in [9.17, 15) is 9.59 Å². The lowest BCUT2D eigenvalue weighted by Gasteiger charge is -2.44. The van der Waals surface area contributed by atoms with Gasteiger partial charge in [-0.15, -0.1) is 0 Å². The van der Waals surface area contributed by atoms with E-state index in [1.807, 2.05) is 12.2 Å². The number of hydrogen-bond acceptors (Lipinski definition) is 3. The van der Waals surface area contributed by atoms with Crippen LogP contribution in [0.2, 0.25) is 0 Å². The Bertz CT molecular complexity index is 332. The lowest BCUT2D eigenvalue weighted by atomic mass is 9.65. The second kappa shape index (κ2) is 3.47. The van der Waals surface area contributed by atoms with Crippen molar-refractivity contribution in [3.8, 4) is 0 Å². The number of ketones is 1. The van der Waals surface area contributed by atoms with E-state index < -0.39 is 5.41 Å². The van der Waals surface area contributed by atoms with Crippen LogP contribution < -0.4 is 0 Å². The second-order valence-corrected chi connectivity index (χ2v) is 4.68. The molecule has 3 nitrogen and oxygen atoms in total. The number of carbonyl (C=O) groups excluding carboxylic acids is 2. The van der Waals surface area contributed by atoms with E-state index in [0.29, 0.717) is 12.8 Å². The summed E-state index contributed by atoms with van der Waals surface area (Å²) in [5.74, 6) is 0.272. The van der Waals surface area contributed by atoms with Crippen LogP contribution in [0, 0.1) is 11.3 Å². The number of Topliss-reactive ketones (excluding diaryl/α,β-unsaturated/α-hetero) is 1. The van der Waals surface area contributed by atoms with Gasteiger partial charge in [0.05, 0.1) is 5.41 Å². The van der Waals surface area contributed by atoms with E-state index in [2.05, 4.69) is 6.92 Å². The van der Waals surface area contributed by atoms with Crippen molar-refractivity contribution < 1.29 is 14.3 Å². The standard InChI is InChI=1S/C12H16O3/c1-8-7-10-4-6-12(8,11(14)15-10)5-3-9(2)13/h4,6,8,10H,3,5,7H2,1-2H3/t8?,10-,12?/m1/s1. The molecule has 2 bridgehead atoms. The molecule has 0 aromatic carbocycles. The predicted molar refractivity (Wildman–Crippen MR) is 55.1 cm³/mol. The third-order valence-electron chi connectivity index (χ3n) is 3.60. The summed E-state index contributed by atoms with van der Waals surface area (Å²) in [5, 5.41) is 0. The summed E-state index contributed by atoms with van der Waals surface area (Å²) in [5.41, 5.74) is -0.527. The van der Waals surface area contributed by atoms with Crippen LogP contribution in [0.25, 0.3) is 0 Å². The van der Waals surface area contributed by atoms with E-state index in [1.165, 1.54) is 0 Å². The highest BCUT2D eigenvalue weighted by Gasteiger charge is 2.50. The van der Waals surface area contributed by atoms with Crippen molar-refractivity contribution in [1.82, 2.24) is 0 Å². The summed E-state index contributed by atoms with van der Waals surface area (Å²) in [4.78, 5) is 22.8. The van der Waals surface area contributed by atoms with Crippen LogP contribution >= 0.6 is 0 Å². The monoisotopic (exact) mass is 208 g/mol. The largest absolute Gasteiger partial charge is 0.457 e. The maximum absolute atomic E-state index is 11.8. The van der Waals surface area contributed by atoms with Crippen LogP contribution in [0.4, 0.5) is 0 Å². The van der Waals surface area contributed by atoms with Crippen molar-refractivity contribution in [2.24, 2.45) is 11.3 Å². The van der Waals surface area contributed by atoms with Crippen molar-refractivity contribution in [1.29, 1.82) is 0 Å². The van der Waals surface area contributed by atoms with Crippen molar-refractivity contribution in [3.63, 3.8) is 0 Å². The first kappa shape index (κ1) is 10.4. The Labute approximate surface area is 89.5 Å². The van der Waals surface area contributed by atoms with Gasteiger partial charge in [0.25, 0.3) is 0 Å². The number of hydrogen-bond donors (Lipinski definition) is 0. The molecular weight excluding hydrogens is 192 g/mol. The molecule has 2 heterocycles. The average molecular weight is 208 g/mol. The molecule has 0 saturated carbocycles. The minimum absolute atomic E-state index is 0.0355. The summed E-state index contributed by atoms with van der Waals surface area (Å²) in [6.07, 6.45) is 5.81. The molecule has 2 unspecified atom stereocenters. The topological polar surface area (TPSA) is 43.4 Å². The molecule has 82 valence electrons. The Morgan fingerprint density at radius 2 is 2.40 bits per heavy atom. The van der Waals surface area contributed by atoms with E-state index in [0.717, 1.165) is 6.42 Å². The highest BCUT2D eigenvalue weighted by Crippen LogP contribution is 2.46. The SMILES string of the molecule is CC(=O)CCC12C=C[C@H](CC1C)OC2=O. The molecule has 1 aliphatic carbocycles. The number of rotatable bonds is 3. The first-order valence-corrected chi connectivity index (χ1v) is 5.44. The Morgan fingerprint density at radius 3 is 2.93 bits per heavy atom.